The molecule has 0 aliphatic heterocycles. The van der Waals surface area contributed by atoms with Crippen LogP contribution in [0.15, 0.2) is 0 Å². The van der Waals surface area contributed by atoms with Crippen molar-refractivity contribution < 1.29 is 28.0 Å². The van der Waals surface area contributed by atoms with E-state index in [1.807, 2.05) is 0 Å². The number of carbonyl (C=O) groups is 1. The maximum atomic E-state index is 12.6. The maximum Gasteiger partial charge on any atom is 0.442 e. The van der Waals surface area contributed by atoms with Crippen molar-refractivity contribution in [2.75, 3.05) is 0 Å². The second-order valence-electron chi connectivity index (χ2n) is 3.64. The third-order valence-corrected chi connectivity index (χ3v) is 2.03. The molecule has 100 valence electrons. The van der Waals surface area contributed by atoms with Crippen molar-refractivity contribution >= 4 is 11.7 Å². The lowest BCUT2D eigenvalue weighted by Crippen LogP contribution is -2.13. The minimum absolute atomic E-state index is 0.475. The third kappa shape index (κ3) is 2.26. The first-order chi connectivity index (χ1) is 8.07. The van der Waals surface area contributed by atoms with Gasteiger partial charge < -0.3 is 5.11 Å². The Morgan fingerprint density at radius 3 is 2.28 bits per heavy atom. The molecule has 0 atom stereocenters. The molecule has 0 unspecified atom stereocenters. The SMILES string of the molecule is CC(C)n1nc(C(F)(F)F)c([N+](=O)[O-])c1C(=O)O. The predicted molar refractivity (Wildman–Crippen MR) is 51.2 cm³/mol. The van der Waals surface area contributed by atoms with Crippen LogP contribution in [0.5, 0.6) is 0 Å². The number of hydrogen-bond donors (Lipinski definition) is 1. The highest BCUT2D eigenvalue weighted by molar-refractivity contribution is 5.91. The van der Waals surface area contributed by atoms with Crippen molar-refractivity contribution in [2.45, 2.75) is 26.1 Å². The number of carboxylic acid groups (broad SMARTS) is 1. The lowest BCUT2D eigenvalue weighted by molar-refractivity contribution is -0.388. The summed E-state index contributed by atoms with van der Waals surface area (Å²) < 4.78 is 38.1. The number of alkyl halides is 3. The van der Waals surface area contributed by atoms with Gasteiger partial charge in [-0.25, -0.2) is 9.48 Å². The fourth-order valence-corrected chi connectivity index (χ4v) is 1.36. The maximum absolute atomic E-state index is 12.6. The Labute approximate surface area is 98.0 Å². The molecule has 1 N–H and O–H groups in total. The van der Waals surface area contributed by atoms with Gasteiger partial charge in [0.1, 0.15) is 0 Å². The van der Waals surface area contributed by atoms with Crippen molar-refractivity contribution in [3.05, 3.63) is 21.5 Å². The van der Waals surface area contributed by atoms with Crippen LogP contribution in [0.2, 0.25) is 0 Å². The minimum atomic E-state index is -5.09. The molecule has 7 nitrogen and oxygen atoms in total. The zero-order valence-electron chi connectivity index (χ0n) is 9.22. The van der Waals surface area contributed by atoms with Gasteiger partial charge in [0.25, 0.3) is 0 Å². The normalized spacial score (nSPS) is 11.9. The first-order valence-corrected chi connectivity index (χ1v) is 4.64. The summed E-state index contributed by atoms with van der Waals surface area (Å²) in [5.74, 6) is -1.83. The van der Waals surface area contributed by atoms with Gasteiger partial charge in [0, 0.05) is 6.04 Å². The molecule has 0 aliphatic carbocycles. The van der Waals surface area contributed by atoms with Crippen LogP contribution >= 0.6 is 0 Å². The molecule has 1 aromatic heterocycles. The van der Waals surface area contributed by atoms with Crippen molar-refractivity contribution in [3.63, 3.8) is 0 Å². The van der Waals surface area contributed by atoms with Crippen LogP contribution in [0, 0.1) is 10.1 Å². The highest BCUT2D eigenvalue weighted by Gasteiger charge is 2.47. The summed E-state index contributed by atoms with van der Waals surface area (Å²) in [6.07, 6.45) is -5.09. The molecule has 0 saturated heterocycles. The van der Waals surface area contributed by atoms with E-state index in [2.05, 4.69) is 5.10 Å². The van der Waals surface area contributed by atoms with Crippen LogP contribution in [-0.2, 0) is 6.18 Å². The first-order valence-electron chi connectivity index (χ1n) is 4.64. The molecule has 0 bridgehead atoms. The zero-order valence-corrected chi connectivity index (χ0v) is 9.22. The molecule has 0 radical (unpaired) electrons. The fourth-order valence-electron chi connectivity index (χ4n) is 1.36. The van der Waals surface area contributed by atoms with Crippen LogP contribution in [0.4, 0.5) is 18.9 Å². The number of rotatable bonds is 3. The largest absolute Gasteiger partial charge is 0.476 e. The molecule has 0 saturated carbocycles. The highest BCUT2D eigenvalue weighted by atomic mass is 19.4. The van der Waals surface area contributed by atoms with Gasteiger partial charge >= 0.3 is 17.8 Å². The summed E-state index contributed by atoms with van der Waals surface area (Å²) in [5, 5.41) is 22.4. The van der Waals surface area contributed by atoms with Gasteiger partial charge in [0.15, 0.2) is 0 Å². The van der Waals surface area contributed by atoms with Gasteiger partial charge in [-0.15, -0.1) is 0 Å². The topological polar surface area (TPSA) is 98.3 Å². The summed E-state index contributed by atoms with van der Waals surface area (Å²) >= 11 is 0. The average Bonchev–Trinajstić information content (AvgIpc) is 2.55. The standard InChI is InChI=1S/C8H8F3N3O4/c1-3(2)13-5(7(15)16)4(14(17)18)6(12-13)8(9,10)11/h3H,1-2H3,(H,15,16). The molecule has 1 heterocycles. The van der Waals surface area contributed by atoms with Crippen LogP contribution in [-0.4, -0.2) is 25.8 Å². The Morgan fingerprint density at radius 1 is 1.50 bits per heavy atom. The van der Waals surface area contributed by atoms with Gasteiger partial charge in [0.2, 0.25) is 11.4 Å². The minimum Gasteiger partial charge on any atom is -0.476 e. The molecular formula is C8H8F3N3O4. The zero-order chi connectivity index (χ0) is 14.2. The number of halogens is 3. The smallest absolute Gasteiger partial charge is 0.442 e. The van der Waals surface area contributed by atoms with Crippen molar-refractivity contribution in [1.82, 2.24) is 9.78 Å². The second kappa shape index (κ2) is 4.27. The predicted octanol–water partition coefficient (Wildman–Crippen LogP) is 2.09. The lowest BCUT2D eigenvalue weighted by atomic mass is 10.2. The Kier molecular flexibility index (Phi) is 3.31. The number of nitro groups is 1. The van der Waals surface area contributed by atoms with E-state index in [9.17, 15) is 28.1 Å². The molecule has 1 aromatic rings. The van der Waals surface area contributed by atoms with Crippen molar-refractivity contribution in [3.8, 4) is 0 Å². The van der Waals surface area contributed by atoms with E-state index in [-0.39, 0.29) is 0 Å². The number of carboxylic acids is 1. The fraction of sp³-hybridized carbons (Fsp3) is 0.500. The number of nitrogens with zero attached hydrogens (tertiary/aromatic N) is 3. The molecular weight excluding hydrogens is 259 g/mol. The van der Waals surface area contributed by atoms with Gasteiger partial charge in [-0.05, 0) is 13.8 Å². The monoisotopic (exact) mass is 267 g/mol. The van der Waals surface area contributed by atoms with E-state index in [0.717, 1.165) is 0 Å². The molecule has 0 spiro atoms. The quantitative estimate of drug-likeness (QED) is 0.667. The van der Waals surface area contributed by atoms with Gasteiger partial charge in [-0.2, -0.15) is 18.3 Å². The number of aromatic nitrogens is 2. The van der Waals surface area contributed by atoms with E-state index in [0.29, 0.717) is 4.68 Å². The van der Waals surface area contributed by atoms with Crippen molar-refractivity contribution in [2.24, 2.45) is 0 Å². The van der Waals surface area contributed by atoms with Gasteiger partial charge in [-0.3, -0.25) is 10.1 Å². The Morgan fingerprint density at radius 2 is 2.00 bits per heavy atom. The summed E-state index contributed by atoms with van der Waals surface area (Å²) in [5.41, 5.74) is -4.43. The molecule has 0 aromatic carbocycles. The highest BCUT2D eigenvalue weighted by Crippen LogP contribution is 2.38. The summed E-state index contributed by atoms with van der Waals surface area (Å²) in [4.78, 5) is 20.1. The number of aromatic carboxylic acids is 1. The van der Waals surface area contributed by atoms with Crippen molar-refractivity contribution in [1.29, 1.82) is 0 Å². The molecule has 1 rings (SSSR count). The van der Waals surface area contributed by atoms with E-state index in [4.69, 9.17) is 5.11 Å². The molecule has 18 heavy (non-hydrogen) atoms. The lowest BCUT2D eigenvalue weighted by Gasteiger charge is -2.06. The molecule has 0 fully saturated rings. The van der Waals surface area contributed by atoms with E-state index >= 15 is 0 Å². The van der Waals surface area contributed by atoms with Crippen LogP contribution in [0.1, 0.15) is 36.1 Å². The van der Waals surface area contributed by atoms with Crippen LogP contribution in [0.25, 0.3) is 0 Å². The second-order valence-corrected chi connectivity index (χ2v) is 3.64. The van der Waals surface area contributed by atoms with Crippen LogP contribution < -0.4 is 0 Å². The molecule has 10 heteroatoms. The molecule has 0 aliphatic rings. The number of hydrogen-bond acceptors (Lipinski definition) is 4. The Bertz CT molecular complexity index is 506. The first kappa shape index (κ1) is 13.9. The third-order valence-electron chi connectivity index (χ3n) is 2.03. The van der Waals surface area contributed by atoms with E-state index < -0.39 is 40.2 Å². The Balaban J connectivity index is 3.71. The van der Waals surface area contributed by atoms with Gasteiger partial charge in [-0.1, -0.05) is 0 Å². The Hall–Kier alpha value is -2.13. The summed E-state index contributed by atoms with van der Waals surface area (Å²) in [7, 11) is 0. The summed E-state index contributed by atoms with van der Waals surface area (Å²) in [6.45, 7) is 2.73. The van der Waals surface area contributed by atoms with E-state index in [1.54, 1.807) is 0 Å². The summed E-state index contributed by atoms with van der Waals surface area (Å²) in [6, 6.07) is -0.758. The molecule has 0 amide bonds. The van der Waals surface area contributed by atoms with E-state index in [1.165, 1.54) is 13.8 Å². The van der Waals surface area contributed by atoms with Crippen LogP contribution in [0.3, 0.4) is 0 Å². The average molecular weight is 267 g/mol. The van der Waals surface area contributed by atoms with Gasteiger partial charge in [0.05, 0.1) is 4.92 Å².